The third-order valence-corrected chi connectivity index (χ3v) is 4.63. The zero-order chi connectivity index (χ0) is 13.0. The maximum Gasteiger partial charge on any atom is 0.220 e. The van der Waals surface area contributed by atoms with Crippen LogP contribution >= 0.6 is 0 Å². The molecular weight excluding hydrogens is 230 g/mol. The van der Waals surface area contributed by atoms with Crippen molar-refractivity contribution in [2.24, 2.45) is 17.8 Å². The number of fused-ring (bicyclic) bond motifs is 2. The summed E-state index contributed by atoms with van der Waals surface area (Å²) in [7, 11) is 1.68. The Morgan fingerprint density at radius 1 is 1.33 bits per heavy atom. The van der Waals surface area contributed by atoms with Crippen LogP contribution in [0.15, 0.2) is 0 Å². The van der Waals surface area contributed by atoms with Crippen LogP contribution in [-0.2, 0) is 9.53 Å². The molecule has 2 saturated carbocycles. The molecule has 4 unspecified atom stereocenters. The fourth-order valence-corrected chi connectivity index (χ4v) is 3.69. The second-order valence-electron chi connectivity index (χ2n) is 5.72. The number of rotatable bonds is 7. The van der Waals surface area contributed by atoms with Gasteiger partial charge in [-0.05, 0) is 43.9 Å². The second-order valence-corrected chi connectivity index (χ2v) is 5.72. The minimum absolute atomic E-state index is 0.141. The summed E-state index contributed by atoms with van der Waals surface area (Å²) in [6, 6.07) is 0.226. The number of ether oxygens (including phenoxy) is 1. The lowest BCUT2D eigenvalue weighted by atomic mass is 9.85. The Balaban J connectivity index is 1.73. The van der Waals surface area contributed by atoms with Gasteiger partial charge in [0.1, 0.15) is 0 Å². The minimum Gasteiger partial charge on any atom is -0.396 e. The van der Waals surface area contributed by atoms with E-state index in [0.717, 1.165) is 19.4 Å². The molecular formula is C14H25NO3. The van der Waals surface area contributed by atoms with Crippen LogP contribution in [0.1, 0.15) is 38.5 Å². The number of methoxy groups -OCH3 is 1. The van der Waals surface area contributed by atoms with Gasteiger partial charge >= 0.3 is 0 Å². The van der Waals surface area contributed by atoms with Crippen molar-refractivity contribution in [3.63, 3.8) is 0 Å². The molecule has 4 nitrogen and oxygen atoms in total. The summed E-state index contributed by atoms with van der Waals surface area (Å²) in [6.45, 7) is 0.941. The van der Waals surface area contributed by atoms with Crippen LogP contribution in [0, 0.1) is 17.8 Å². The molecule has 2 N–H and O–H groups in total. The number of aliphatic hydroxyl groups is 1. The van der Waals surface area contributed by atoms with E-state index < -0.39 is 0 Å². The van der Waals surface area contributed by atoms with Crippen LogP contribution in [0.5, 0.6) is 0 Å². The van der Waals surface area contributed by atoms with Gasteiger partial charge in [-0.25, -0.2) is 0 Å². The molecule has 2 rings (SSSR count). The van der Waals surface area contributed by atoms with Crippen molar-refractivity contribution >= 4 is 5.91 Å². The van der Waals surface area contributed by atoms with Gasteiger partial charge in [0.2, 0.25) is 5.91 Å². The second kappa shape index (κ2) is 6.53. The number of unbranched alkanes of at least 4 members (excludes halogenated alkanes) is 1. The molecule has 18 heavy (non-hydrogen) atoms. The molecule has 0 saturated heterocycles. The zero-order valence-corrected chi connectivity index (χ0v) is 11.2. The Hall–Kier alpha value is -0.610. The molecule has 0 aromatic carbocycles. The Morgan fingerprint density at radius 2 is 2.11 bits per heavy atom. The third kappa shape index (κ3) is 3.04. The summed E-state index contributed by atoms with van der Waals surface area (Å²) >= 11 is 0. The molecule has 4 heteroatoms. The highest BCUT2D eigenvalue weighted by Gasteiger charge is 2.47. The van der Waals surface area contributed by atoms with Crippen LogP contribution in [0.2, 0.25) is 0 Å². The van der Waals surface area contributed by atoms with Crippen LogP contribution in [0.4, 0.5) is 0 Å². The zero-order valence-electron chi connectivity index (χ0n) is 11.2. The van der Waals surface area contributed by atoms with Gasteiger partial charge in [-0.15, -0.1) is 0 Å². The first kappa shape index (κ1) is 13.8. The van der Waals surface area contributed by atoms with Crippen LogP contribution in [0.3, 0.4) is 0 Å². The number of carbonyl (C=O) groups excluding carboxylic acids is 1. The number of aliphatic hydroxyl groups excluding tert-OH is 1. The van der Waals surface area contributed by atoms with Crippen LogP contribution < -0.4 is 5.32 Å². The maximum absolute atomic E-state index is 11.9. The predicted octanol–water partition coefficient (Wildman–Crippen LogP) is 1.33. The van der Waals surface area contributed by atoms with Crippen molar-refractivity contribution in [3.8, 4) is 0 Å². The van der Waals surface area contributed by atoms with E-state index >= 15 is 0 Å². The molecule has 2 aliphatic carbocycles. The molecule has 0 radical (unpaired) electrons. The van der Waals surface area contributed by atoms with Crippen LogP contribution in [0.25, 0.3) is 0 Å². The van der Waals surface area contributed by atoms with Gasteiger partial charge in [0.25, 0.3) is 0 Å². The van der Waals surface area contributed by atoms with Gasteiger partial charge in [-0.2, -0.15) is 0 Å². The van der Waals surface area contributed by atoms with E-state index in [9.17, 15) is 9.90 Å². The molecule has 2 aliphatic rings. The molecule has 2 bridgehead atoms. The number of hydrogen-bond acceptors (Lipinski definition) is 3. The van der Waals surface area contributed by atoms with E-state index in [4.69, 9.17) is 4.74 Å². The first-order chi connectivity index (χ1) is 8.76. The smallest absolute Gasteiger partial charge is 0.220 e. The number of carbonyl (C=O) groups is 1. The van der Waals surface area contributed by atoms with Crippen molar-refractivity contribution in [2.75, 3.05) is 20.3 Å². The molecule has 0 aromatic rings. The van der Waals surface area contributed by atoms with E-state index in [1.807, 2.05) is 0 Å². The topological polar surface area (TPSA) is 58.6 Å². The summed E-state index contributed by atoms with van der Waals surface area (Å²) in [5.74, 6) is 1.68. The van der Waals surface area contributed by atoms with Gasteiger partial charge in [0.05, 0.1) is 0 Å². The minimum atomic E-state index is 0.141. The monoisotopic (exact) mass is 255 g/mol. The summed E-state index contributed by atoms with van der Waals surface area (Å²) in [5, 5.41) is 12.6. The summed E-state index contributed by atoms with van der Waals surface area (Å²) < 4.78 is 4.97. The van der Waals surface area contributed by atoms with Crippen molar-refractivity contribution in [1.29, 1.82) is 0 Å². The normalized spacial score (nSPS) is 33.9. The summed E-state index contributed by atoms with van der Waals surface area (Å²) in [4.78, 5) is 11.9. The fourth-order valence-electron chi connectivity index (χ4n) is 3.69. The largest absolute Gasteiger partial charge is 0.396 e. The van der Waals surface area contributed by atoms with Gasteiger partial charge < -0.3 is 15.2 Å². The Kier molecular flexibility index (Phi) is 5.01. The van der Waals surface area contributed by atoms with Gasteiger partial charge in [0, 0.05) is 38.7 Å². The van der Waals surface area contributed by atoms with E-state index in [0.29, 0.717) is 24.2 Å². The highest BCUT2D eigenvalue weighted by molar-refractivity contribution is 5.76. The standard InChI is InChI=1S/C14H25NO3/c1-18-7-3-2-4-13(17)15-14-11-6-5-10(8-11)12(14)9-16/h10-12,14,16H,2-9H2,1H3,(H,15,17). The third-order valence-electron chi connectivity index (χ3n) is 4.63. The lowest BCUT2D eigenvalue weighted by Gasteiger charge is -2.30. The highest BCUT2D eigenvalue weighted by atomic mass is 16.5. The van der Waals surface area contributed by atoms with Crippen molar-refractivity contribution in [3.05, 3.63) is 0 Å². The van der Waals surface area contributed by atoms with E-state index in [1.165, 1.54) is 19.3 Å². The summed E-state index contributed by atoms with van der Waals surface area (Å²) in [5.41, 5.74) is 0. The Labute approximate surface area is 109 Å². The van der Waals surface area contributed by atoms with E-state index in [1.54, 1.807) is 7.11 Å². The molecule has 0 aromatic heterocycles. The summed E-state index contributed by atoms with van der Waals surface area (Å²) in [6.07, 6.45) is 6.04. The van der Waals surface area contributed by atoms with Crippen molar-refractivity contribution in [1.82, 2.24) is 5.32 Å². The predicted molar refractivity (Wildman–Crippen MR) is 69.1 cm³/mol. The number of nitrogens with one attached hydrogen (secondary N) is 1. The van der Waals surface area contributed by atoms with E-state index in [2.05, 4.69) is 5.32 Å². The number of hydrogen-bond donors (Lipinski definition) is 2. The molecule has 0 heterocycles. The molecule has 0 spiro atoms. The average molecular weight is 255 g/mol. The van der Waals surface area contributed by atoms with Gasteiger partial charge in [-0.1, -0.05) is 0 Å². The quantitative estimate of drug-likeness (QED) is 0.675. The Bertz CT molecular complexity index is 282. The van der Waals surface area contributed by atoms with Crippen molar-refractivity contribution < 1.29 is 14.6 Å². The molecule has 1 amide bonds. The van der Waals surface area contributed by atoms with Gasteiger partial charge in [0.15, 0.2) is 0 Å². The average Bonchev–Trinajstić information content (AvgIpc) is 2.95. The van der Waals surface area contributed by atoms with E-state index in [-0.39, 0.29) is 18.6 Å². The first-order valence-electron chi connectivity index (χ1n) is 7.15. The van der Waals surface area contributed by atoms with Gasteiger partial charge in [-0.3, -0.25) is 4.79 Å². The molecule has 0 aliphatic heterocycles. The molecule has 2 fully saturated rings. The first-order valence-corrected chi connectivity index (χ1v) is 7.15. The highest BCUT2D eigenvalue weighted by Crippen LogP contribution is 2.48. The molecule has 104 valence electrons. The van der Waals surface area contributed by atoms with Crippen LogP contribution in [-0.4, -0.2) is 37.4 Å². The lowest BCUT2D eigenvalue weighted by molar-refractivity contribution is -0.122. The fraction of sp³-hybridized carbons (Fsp3) is 0.929. The molecule has 4 atom stereocenters. The van der Waals surface area contributed by atoms with Crippen molar-refractivity contribution in [2.45, 2.75) is 44.6 Å². The SMILES string of the molecule is COCCCCC(=O)NC1C2CCC(C2)C1CO. The lowest BCUT2D eigenvalue weighted by Crippen LogP contribution is -2.45. The maximum atomic E-state index is 11.9. The Morgan fingerprint density at radius 3 is 2.83 bits per heavy atom. The number of amides is 1.